The summed E-state index contributed by atoms with van der Waals surface area (Å²) in [4.78, 5) is 15.0. The van der Waals surface area contributed by atoms with Crippen molar-refractivity contribution in [3.63, 3.8) is 0 Å². The summed E-state index contributed by atoms with van der Waals surface area (Å²) < 4.78 is 7.53. The summed E-state index contributed by atoms with van der Waals surface area (Å²) in [5.41, 5.74) is 1.29. The van der Waals surface area contributed by atoms with Crippen LogP contribution in [-0.4, -0.2) is 52.4 Å². The molecule has 25 heavy (non-hydrogen) atoms. The summed E-state index contributed by atoms with van der Waals surface area (Å²) in [6, 6.07) is 10.1. The second-order valence-electron chi connectivity index (χ2n) is 6.45. The SMILES string of the molecule is CCCOc1cn(-c2ccccc2)nc1C(=O)N1CCNC(C)C1C. The molecule has 0 bridgehead atoms. The molecule has 1 amide bonds. The molecule has 2 aromatic rings. The highest BCUT2D eigenvalue weighted by molar-refractivity contribution is 5.95. The van der Waals surface area contributed by atoms with Crippen molar-refractivity contribution in [2.45, 2.75) is 39.3 Å². The van der Waals surface area contributed by atoms with Gasteiger partial charge in [-0.15, -0.1) is 0 Å². The Labute approximate surface area is 148 Å². The highest BCUT2D eigenvalue weighted by Crippen LogP contribution is 2.23. The molecule has 1 aromatic heterocycles. The Morgan fingerprint density at radius 1 is 1.32 bits per heavy atom. The zero-order chi connectivity index (χ0) is 17.8. The lowest BCUT2D eigenvalue weighted by Crippen LogP contribution is -2.57. The molecular weight excluding hydrogens is 316 g/mol. The van der Waals surface area contributed by atoms with Crippen LogP contribution >= 0.6 is 0 Å². The fourth-order valence-electron chi connectivity index (χ4n) is 3.02. The van der Waals surface area contributed by atoms with Crippen LogP contribution in [0.2, 0.25) is 0 Å². The van der Waals surface area contributed by atoms with Crippen LogP contribution in [0.5, 0.6) is 5.75 Å². The van der Waals surface area contributed by atoms with E-state index in [1.807, 2.05) is 42.2 Å². The van der Waals surface area contributed by atoms with Crippen LogP contribution in [0.4, 0.5) is 0 Å². The summed E-state index contributed by atoms with van der Waals surface area (Å²) in [6.45, 7) is 8.24. The molecule has 2 atom stereocenters. The number of nitrogens with zero attached hydrogens (tertiary/aromatic N) is 3. The largest absolute Gasteiger partial charge is 0.489 e. The van der Waals surface area contributed by atoms with E-state index in [2.05, 4.69) is 24.3 Å². The van der Waals surface area contributed by atoms with Crippen molar-refractivity contribution in [3.05, 3.63) is 42.2 Å². The minimum atomic E-state index is -0.0679. The highest BCUT2D eigenvalue weighted by atomic mass is 16.5. The van der Waals surface area contributed by atoms with Gasteiger partial charge in [-0.2, -0.15) is 5.10 Å². The number of hydrogen-bond donors (Lipinski definition) is 1. The molecule has 1 N–H and O–H groups in total. The number of piperazine rings is 1. The molecule has 6 heteroatoms. The molecule has 0 saturated carbocycles. The highest BCUT2D eigenvalue weighted by Gasteiger charge is 2.32. The molecule has 134 valence electrons. The summed E-state index contributed by atoms with van der Waals surface area (Å²) in [7, 11) is 0. The smallest absolute Gasteiger partial charge is 0.278 e. The second-order valence-corrected chi connectivity index (χ2v) is 6.45. The number of amides is 1. The van der Waals surface area contributed by atoms with Gasteiger partial charge in [0.15, 0.2) is 11.4 Å². The van der Waals surface area contributed by atoms with E-state index in [9.17, 15) is 4.79 Å². The van der Waals surface area contributed by atoms with Gasteiger partial charge in [-0.1, -0.05) is 25.1 Å². The summed E-state index contributed by atoms with van der Waals surface area (Å²) in [6.07, 6.45) is 2.68. The number of ether oxygens (including phenoxy) is 1. The van der Waals surface area contributed by atoms with Crippen LogP contribution in [0.25, 0.3) is 5.69 Å². The lowest BCUT2D eigenvalue weighted by atomic mass is 10.1. The second kappa shape index (κ2) is 7.70. The van der Waals surface area contributed by atoms with E-state index in [-0.39, 0.29) is 18.0 Å². The fraction of sp³-hybridized carbons (Fsp3) is 0.474. The van der Waals surface area contributed by atoms with E-state index in [0.717, 1.165) is 18.7 Å². The van der Waals surface area contributed by atoms with E-state index in [0.29, 0.717) is 24.6 Å². The lowest BCUT2D eigenvalue weighted by Gasteiger charge is -2.38. The first-order valence-corrected chi connectivity index (χ1v) is 8.94. The molecule has 1 aromatic carbocycles. The van der Waals surface area contributed by atoms with Gasteiger partial charge in [-0.3, -0.25) is 4.79 Å². The molecule has 3 rings (SSSR count). The number of benzene rings is 1. The zero-order valence-electron chi connectivity index (χ0n) is 15.1. The molecule has 2 unspecified atom stereocenters. The molecule has 0 spiro atoms. The topological polar surface area (TPSA) is 59.4 Å². The molecular formula is C19H26N4O2. The van der Waals surface area contributed by atoms with Gasteiger partial charge in [-0.25, -0.2) is 4.68 Å². The molecule has 2 heterocycles. The normalized spacial score (nSPS) is 20.5. The van der Waals surface area contributed by atoms with Crippen molar-refractivity contribution in [1.29, 1.82) is 0 Å². The first kappa shape index (κ1) is 17.5. The monoisotopic (exact) mass is 342 g/mol. The fourth-order valence-corrected chi connectivity index (χ4v) is 3.02. The van der Waals surface area contributed by atoms with E-state index in [1.165, 1.54) is 0 Å². The Bertz CT molecular complexity index is 713. The number of carbonyl (C=O) groups is 1. The van der Waals surface area contributed by atoms with Crippen molar-refractivity contribution < 1.29 is 9.53 Å². The van der Waals surface area contributed by atoms with Crippen LogP contribution in [0.1, 0.15) is 37.7 Å². The third-order valence-corrected chi connectivity index (χ3v) is 4.66. The van der Waals surface area contributed by atoms with E-state index in [1.54, 1.807) is 10.9 Å². The van der Waals surface area contributed by atoms with Gasteiger partial charge in [0.2, 0.25) is 0 Å². The number of hydrogen-bond acceptors (Lipinski definition) is 4. The van der Waals surface area contributed by atoms with Crippen LogP contribution in [0.3, 0.4) is 0 Å². The summed E-state index contributed by atoms with van der Waals surface area (Å²) in [5, 5.41) is 7.95. The third-order valence-electron chi connectivity index (χ3n) is 4.66. The molecule has 0 aliphatic carbocycles. The number of nitrogens with one attached hydrogen (secondary N) is 1. The van der Waals surface area contributed by atoms with Crippen LogP contribution in [0, 0.1) is 0 Å². The van der Waals surface area contributed by atoms with Gasteiger partial charge in [0.1, 0.15) is 0 Å². The zero-order valence-corrected chi connectivity index (χ0v) is 15.1. The Hall–Kier alpha value is -2.34. The summed E-state index contributed by atoms with van der Waals surface area (Å²) >= 11 is 0. The number of carbonyl (C=O) groups excluding carboxylic acids is 1. The third kappa shape index (κ3) is 3.69. The van der Waals surface area contributed by atoms with E-state index in [4.69, 9.17) is 4.74 Å². The standard InChI is InChI=1S/C19H26N4O2/c1-4-12-25-17-13-23(16-8-6-5-7-9-16)21-18(17)19(24)22-11-10-20-14(2)15(22)3/h5-9,13-15,20H,4,10-12H2,1-3H3. The maximum Gasteiger partial charge on any atom is 0.278 e. The average Bonchev–Trinajstić information content (AvgIpc) is 3.06. The quantitative estimate of drug-likeness (QED) is 0.907. The van der Waals surface area contributed by atoms with Crippen molar-refractivity contribution in [3.8, 4) is 11.4 Å². The van der Waals surface area contributed by atoms with Crippen molar-refractivity contribution in [2.75, 3.05) is 19.7 Å². The maximum absolute atomic E-state index is 13.1. The Morgan fingerprint density at radius 3 is 2.80 bits per heavy atom. The Kier molecular flexibility index (Phi) is 5.38. The minimum absolute atomic E-state index is 0.0679. The number of rotatable bonds is 5. The number of para-hydroxylation sites is 1. The molecule has 1 saturated heterocycles. The molecule has 1 fully saturated rings. The van der Waals surface area contributed by atoms with Gasteiger partial charge >= 0.3 is 0 Å². The van der Waals surface area contributed by atoms with Crippen molar-refractivity contribution >= 4 is 5.91 Å². The predicted molar refractivity (Wildman–Crippen MR) is 97.3 cm³/mol. The van der Waals surface area contributed by atoms with Crippen LogP contribution < -0.4 is 10.1 Å². The number of aromatic nitrogens is 2. The van der Waals surface area contributed by atoms with Gasteiger partial charge in [-0.05, 0) is 32.4 Å². The maximum atomic E-state index is 13.1. The van der Waals surface area contributed by atoms with Crippen molar-refractivity contribution in [2.24, 2.45) is 0 Å². The van der Waals surface area contributed by atoms with Gasteiger partial charge in [0, 0.05) is 25.2 Å². The lowest BCUT2D eigenvalue weighted by molar-refractivity contribution is 0.0592. The van der Waals surface area contributed by atoms with E-state index < -0.39 is 0 Å². The van der Waals surface area contributed by atoms with Gasteiger partial charge in [0.05, 0.1) is 18.5 Å². The van der Waals surface area contributed by atoms with E-state index >= 15 is 0 Å². The predicted octanol–water partition coefficient (Wildman–Crippen LogP) is 2.48. The van der Waals surface area contributed by atoms with Crippen LogP contribution in [0.15, 0.2) is 36.5 Å². The van der Waals surface area contributed by atoms with Crippen LogP contribution in [-0.2, 0) is 0 Å². The van der Waals surface area contributed by atoms with Gasteiger partial charge in [0.25, 0.3) is 5.91 Å². The summed E-state index contributed by atoms with van der Waals surface area (Å²) in [5.74, 6) is 0.482. The Morgan fingerprint density at radius 2 is 2.08 bits per heavy atom. The molecule has 1 aliphatic heterocycles. The molecule has 1 aliphatic rings. The molecule has 6 nitrogen and oxygen atoms in total. The first-order chi connectivity index (χ1) is 12.1. The Balaban J connectivity index is 1.93. The first-order valence-electron chi connectivity index (χ1n) is 8.94. The minimum Gasteiger partial charge on any atom is -0.489 e. The van der Waals surface area contributed by atoms with Crippen molar-refractivity contribution in [1.82, 2.24) is 20.0 Å². The molecule has 0 radical (unpaired) electrons. The van der Waals surface area contributed by atoms with Gasteiger partial charge < -0.3 is 15.0 Å². The average molecular weight is 342 g/mol.